The first-order chi connectivity index (χ1) is 11.7. The van der Waals surface area contributed by atoms with Crippen LogP contribution in [0, 0.1) is 6.92 Å². The number of morpholine rings is 1. The number of thiazole rings is 1. The molecule has 2 aromatic heterocycles. The highest BCUT2D eigenvalue weighted by atomic mass is 32.1. The third kappa shape index (κ3) is 3.09. The lowest BCUT2D eigenvalue weighted by atomic mass is 10.1. The van der Waals surface area contributed by atoms with Crippen LogP contribution in [0.15, 0.2) is 17.6 Å². The maximum atomic E-state index is 13.0. The minimum Gasteiger partial charge on any atom is -0.378 e. The summed E-state index contributed by atoms with van der Waals surface area (Å²) < 4.78 is 7.25. The van der Waals surface area contributed by atoms with E-state index in [2.05, 4.69) is 20.4 Å². The maximum absolute atomic E-state index is 13.0. The lowest BCUT2D eigenvalue weighted by molar-refractivity contribution is -0.140. The number of rotatable bonds is 3. The molecule has 8 heteroatoms. The minimum atomic E-state index is -0.261. The second-order valence-electron chi connectivity index (χ2n) is 6.27. The van der Waals surface area contributed by atoms with E-state index in [0.717, 1.165) is 29.5 Å². The molecule has 0 spiro atoms. The number of ether oxygens (including phenoxy) is 1. The fourth-order valence-corrected chi connectivity index (χ4v) is 4.14. The number of amides is 1. The first-order valence-electron chi connectivity index (χ1n) is 8.23. The monoisotopic (exact) mass is 347 g/mol. The van der Waals surface area contributed by atoms with Gasteiger partial charge in [0.15, 0.2) is 0 Å². The molecule has 0 aliphatic carbocycles. The van der Waals surface area contributed by atoms with E-state index in [-0.39, 0.29) is 11.9 Å². The molecule has 4 heterocycles. The second-order valence-corrected chi connectivity index (χ2v) is 7.22. The van der Waals surface area contributed by atoms with Gasteiger partial charge in [0.2, 0.25) is 5.91 Å². The zero-order chi connectivity index (χ0) is 16.5. The fourth-order valence-electron chi connectivity index (χ4n) is 3.33. The van der Waals surface area contributed by atoms with Gasteiger partial charge in [-0.05, 0) is 13.0 Å². The molecule has 0 aromatic carbocycles. The normalized spacial score (nSPS) is 21.7. The second kappa shape index (κ2) is 6.62. The molecule has 7 nitrogen and oxygen atoms in total. The Morgan fingerprint density at radius 3 is 3.00 bits per heavy atom. The first kappa shape index (κ1) is 15.7. The quantitative estimate of drug-likeness (QED) is 0.831. The third-order valence-electron chi connectivity index (χ3n) is 4.50. The summed E-state index contributed by atoms with van der Waals surface area (Å²) in [5.41, 5.74) is 2.14. The molecular weight excluding hydrogens is 326 g/mol. The van der Waals surface area contributed by atoms with E-state index in [0.29, 0.717) is 32.8 Å². The average Bonchev–Trinajstić information content (AvgIpc) is 3.23. The Morgan fingerprint density at radius 2 is 2.25 bits per heavy atom. The van der Waals surface area contributed by atoms with Crippen molar-refractivity contribution in [2.75, 3.05) is 32.8 Å². The van der Waals surface area contributed by atoms with Crippen LogP contribution in [-0.4, -0.2) is 63.3 Å². The van der Waals surface area contributed by atoms with E-state index in [1.54, 1.807) is 17.5 Å². The predicted octanol–water partition coefficient (Wildman–Crippen LogP) is 1.06. The molecule has 1 fully saturated rings. The van der Waals surface area contributed by atoms with Crippen molar-refractivity contribution in [3.8, 4) is 0 Å². The van der Waals surface area contributed by atoms with Gasteiger partial charge in [-0.25, -0.2) is 4.98 Å². The smallest absolute Gasteiger partial charge is 0.248 e. The minimum absolute atomic E-state index is 0.142. The van der Waals surface area contributed by atoms with Gasteiger partial charge in [0.05, 0.1) is 25.5 Å². The van der Waals surface area contributed by atoms with E-state index in [1.165, 1.54) is 0 Å². The number of hydrogen-bond acceptors (Lipinski definition) is 6. The Kier molecular flexibility index (Phi) is 4.34. The summed E-state index contributed by atoms with van der Waals surface area (Å²) in [6.45, 7) is 6.82. The van der Waals surface area contributed by atoms with E-state index in [1.807, 2.05) is 22.6 Å². The molecule has 0 saturated carbocycles. The summed E-state index contributed by atoms with van der Waals surface area (Å²) in [5.74, 6) is 0.142. The number of nitrogens with zero attached hydrogens (tertiary/aromatic N) is 5. The lowest BCUT2D eigenvalue weighted by Crippen LogP contribution is -2.49. The van der Waals surface area contributed by atoms with Crippen molar-refractivity contribution in [3.05, 3.63) is 34.0 Å². The summed E-state index contributed by atoms with van der Waals surface area (Å²) in [6, 6.07) is 1.74. The summed E-state index contributed by atoms with van der Waals surface area (Å²) in [6.07, 6.45) is 1.78. The lowest BCUT2D eigenvalue weighted by Gasteiger charge is -2.36. The van der Waals surface area contributed by atoms with Gasteiger partial charge in [0.25, 0.3) is 0 Å². The van der Waals surface area contributed by atoms with Crippen molar-refractivity contribution >= 4 is 17.2 Å². The van der Waals surface area contributed by atoms with Gasteiger partial charge in [0.1, 0.15) is 11.0 Å². The molecular formula is C16H21N5O2S. The number of carbonyl (C=O) groups excluding carboxylic acids is 1. The van der Waals surface area contributed by atoms with Crippen LogP contribution in [0.3, 0.4) is 0 Å². The van der Waals surface area contributed by atoms with Crippen LogP contribution in [0.25, 0.3) is 0 Å². The van der Waals surface area contributed by atoms with Crippen LogP contribution in [0.1, 0.15) is 22.4 Å². The van der Waals surface area contributed by atoms with Crippen molar-refractivity contribution in [2.24, 2.45) is 0 Å². The van der Waals surface area contributed by atoms with Crippen LogP contribution in [0.2, 0.25) is 0 Å². The molecule has 2 aliphatic rings. The number of aromatic nitrogens is 3. The summed E-state index contributed by atoms with van der Waals surface area (Å²) in [7, 11) is 0. The zero-order valence-corrected chi connectivity index (χ0v) is 14.5. The van der Waals surface area contributed by atoms with Gasteiger partial charge in [-0.2, -0.15) is 5.10 Å². The Balaban J connectivity index is 1.53. The van der Waals surface area contributed by atoms with Crippen LogP contribution >= 0.6 is 11.3 Å². The number of carbonyl (C=O) groups is 1. The Labute approximate surface area is 144 Å². The van der Waals surface area contributed by atoms with Gasteiger partial charge in [-0.1, -0.05) is 0 Å². The highest BCUT2D eigenvalue weighted by molar-refractivity contribution is 7.09. The Morgan fingerprint density at radius 1 is 1.42 bits per heavy atom. The van der Waals surface area contributed by atoms with Gasteiger partial charge in [0, 0.05) is 43.4 Å². The highest BCUT2D eigenvalue weighted by Gasteiger charge is 2.34. The van der Waals surface area contributed by atoms with Crippen LogP contribution in [0.4, 0.5) is 0 Å². The van der Waals surface area contributed by atoms with Crippen molar-refractivity contribution in [1.29, 1.82) is 0 Å². The van der Waals surface area contributed by atoms with Crippen LogP contribution < -0.4 is 0 Å². The Bertz CT molecular complexity index is 722. The molecule has 24 heavy (non-hydrogen) atoms. The molecule has 1 saturated heterocycles. The van der Waals surface area contributed by atoms with E-state index < -0.39 is 0 Å². The number of aryl methyl sites for hydroxylation is 1. The SMILES string of the molecule is Cc1csc(CN2Cc3ccnn3C(C(=O)N3CCOCC3)C2)n1. The van der Waals surface area contributed by atoms with Gasteiger partial charge in [-0.3, -0.25) is 14.4 Å². The molecule has 0 N–H and O–H groups in total. The topological polar surface area (TPSA) is 63.5 Å². The number of fused-ring (bicyclic) bond motifs is 1. The first-order valence-corrected chi connectivity index (χ1v) is 9.11. The molecule has 0 radical (unpaired) electrons. The summed E-state index contributed by atoms with van der Waals surface area (Å²) >= 11 is 1.68. The fraction of sp³-hybridized carbons (Fsp3) is 0.562. The maximum Gasteiger partial charge on any atom is 0.248 e. The largest absolute Gasteiger partial charge is 0.378 e. The summed E-state index contributed by atoms with van der Waals surface area (Å²) in [4.78, 5) is 21.7. The molecule has 2 aromatic rings. The van der Waals surface area contributed by atoms with E-state index in [9.17, 15) is 4.79 Å². The highest BCUT2D eigenvalue weighted by Crippen LogP contribution is 2.24. The van der Waals surface area contributed by atoms with E-state index in [4.69, 9.17) is 4.74 Å². The summed E-state index contributed by atoms with van der Waals surface area (Å²) in [5, 5.41) is 7.56. The van der Waals surface area contributed by atoms with E-state index >= 15 is 0 Å². The van der Waals surface area contributed by atoms with Crippen molar-refractivity contribution in [2.45, 2.75) is 26.1 Å². The van der Waals surface area contributed by atoms with Crippen LogP contribution in [-0.2, 0) is 22.6 Å². The third-order valence-corrected chi connectivity index (χ3v) is 5.45. The van der Waals surface area contributed by atoms with Crippen LogP contribution in [0.5, 0.6) is 0 Å². The molecule has 4 rings (SSSR count). The molecule has 1 atom stereocenters. The van der Waals surface area contributed by atoms with Gasteiger partial charge < -0.3 is 9.64 Å². The van der Waals surface area contributed by atoms with Crippen molar-refractivity contribution < 1.29 is 9.53 Å². The number of hydrogen-bond donors (Lipinski definition) is 0. The molecule has 128 valence electrons. The molecule has 2 aliphatic heterocycles. The molecule has 1 unspecified atom stereocenters. The molecule has 1 amide bonds. The van der Waals surface area contributed by atoms with Gasteiger partial charge in [-0.15, -0.1) is 11.3 Å². The standard InChI is InChI=1S/C16H21N5O2S/c1-12-11-24-15(18-12)10-19-8-13-2-3-17-21(13)14(9-19)16(22)20-4-6-23-7-5-20/h2-3,11,14H,4-10H2,1H3. The molecule has 0 bridgehead atoms. The average molecular weight is 347 g/mol. The zero-order valence-electron chi connectivity index (χ0n) is 13.7. The predicted molar refractivity (Wildman–Crippen MR) is 89.6 cm³/mol. The Hall–Kier alpha value is -1.77. The van der Waals surface area contributed by atoms with Crippen molar-refractivity contribution in [1.82, 2.24) is 24.6 Å². The van der Waals surface area contributed by atoms with Gasteiger partial charge >= 0.3 is 0 Å². The van der Waals surface area contributed by atoms with Crippen molar-refractivity contribution in [3.63, 3.8) is 0 Å².